The molecule has 6 heteroatoms. The van der Waals surface area contributed by atoms with Gasteiger partial charge in [0.25, 0.3) is 0 Å². The maximum Gasteiger partial charge on any atom is 0.233 e. The molecule has 2 atom stereocenters. The van der Waals surface area contributed by atoms with E-state index in [1.807, 2.05) is 31.4 Å². The van der Waals surface area contributed by atoms with Crippen molar-refractivity contribution in [2.24, 2.45) is 0 Å². The lowest BCUT2D eigenvalue weighted by Crippen LogP contribution is -2.33. The molecule has 0 bridgehead atoms. The highest BCUT2D eigenvalue weighted by Gasteiger charge is 2.18. The molecule has 0 saturated heterocycles. The number of amides is 1. The first-order chi connectivity index (χ1) is 11.1. The molecule has 0 aromatic carbocycles. The van der Waals surface area contributed by atoms with E-state index in [1.165, 1.54) is 0 Å². The van der Waals surface area contributed by atoms with Gasteiger partial charge in [-0.15, -0.1) is 23.1 Å². The monoisotopic (exact) mass is 349 g/mol. The molecule has 2 heterocycles. The highest BCUT2D eigenvalue weighted by Crippen LogP contribution is 2.25. The zero-order valence-corrected chi connectivity index (χ0v) is 15.4. The lowest BCUT2D eigenvalue weighted by Gasteiger charge is -2.15. The number of carbonyl (C=O) groups excluding carboxylic acids is 1. The summed E-state index contributed by atoms with van der Waals surface area (Å²) >= 11 is 3.29. The van der Waals surface area contributed by atoms with E-state index < -0.39 is 0 Å². The number of nitrogens with one attached hydrogen (secondary N) is 1. The quantitative estimate of drug-likeness (QED) is 0.722. The van der Waals surface area contributed by atoms with Crippen LogP contribution in [0.2, 0.25) is 0 Å². The average molecular weight is 350 g/mol. The van der Waals surface area contributed by atoms with Crippen LogP contribution in [0.5, 0.6) is 0 Å². The zero-order chi connectivity index (χ0) is 16.7. The molecule has 0 aliphatic heterocycles. The first-order valence-electron chi connectivity index (χ1n) is 7.89. The van der Waals surface area contributed by atoms with E-state index in [9.17, 15) is 4.79 Å². The van der Waals surface area contributed by atoms with Crippen LogP contribution in [0.25, 0.3) is 11.3 Å². The second kappa shape index (κ2) is 9.03. The molecule has 1 amide bonds. The van der Waals surface area contributed by atoms with Crippen molar-refractivity contribution in [1.82, 2.24) is 15.3 Å². The van der Waals surface area contributed by atoms with Crippen LogP contribution in [0, 0.1) is 0 Å². The largest absolute Gasteiger partial charge is 0.346 e. The standard InChI is InChI=1S/C17H23N3OS2/c1-4-5-10-22-13(3)16(21)19-12(2)17-20-15(11-23-17)14-6-8-18-9-7-14/h6-9,11-13H,4-5,10H2,1-3H3,(H,19,21)/t12-,13+/m1/s1. The Morgan fingerprint density at radius 1 is 1.35 bits per heavy atom. The maximum absolute atomic E-state index is 12.2. The van der Waals surface area contributed by atoms with Crippen LogP contribution in [0.4, 0.5) is 0 Å². The summed E-state index contributed by atoms with van der Waals surface area (Å²) < 4.78 is 0. The third kappa shape index (κ3) is 5.32. The summed E-state index contributed by atoms with van der Waals surface area (Å²) in [7, 11) is 0. The Morgan fingerprint density at radius 3 is 2.78 bits per heavy atom. The van der Waals surface area contributed by atoms with Crippen molar-refractivity contribution in [2.45, 2.75) is 44.9 Å². The summed E-state index contributed by atoms with van der Waals surface area (Å²) in [5.41, 5.74) is 1.98. The molecule has 0 saturated carbocycles. The Hall–Kier alpha value is -1.40. The van der Waals surface area contributed by atoms with Gasteiger partial charge in [-0.2, -0.15) is 0 Å². The van der Waals surface area contributed by atoms with E-state index in [1.54, 1.807) is 35.5 Å². The highest BCUT2D eigenvalue weighted by molar-refractivity contribution is 8.00. The molecule has 0 unspecified atom stereocenters. The molecular weight excluding hydrogens is 326 g/mol. The van der Waals surface area contributed by atoms with Crippen molar-refractivity contribution >= 4 is 29.0 Å². The average Bonchev–Trinajstić information content (AvgIpc) is 3.06. The van der Waals surface area contributed by atoms with Gasteiger partial charge < -0.3 is 5.32 Å². The van der Waals surface area contributed by atoms with E-state index in [-0.39, 0.29) is 17.2 Å². The number of hydrogen-bond acceptors (Lipinski definition) is 5. The van der Waals surface area contributed by atoms with Gasteiger partial charge in [-0.3, -0.25) is 9.78 Å². The Bertz CT molecular complexity index is 615. The van der Waals surface area contributed by atoms with Crippen molar-refractivity contribution in [3.05, 3.63) is 34.9 Å². The number of nitrogens with zero attached hydrogens (tertiary/aromatic N) is 2. The Balaban J connectivity index is 1.92. The SMILES string of the molecule is CCCCS[C@@H](C)C(=O)N[C@H](C)c1nc(-c2ccncc2)cs1. The van der Waals surface area contributed by atoms with Crippen molar-refractivity contribution in [1.29, 1.82) is 0 Å². The molecule has 23 heavy (non-hydrogen) atoms. The molecule has 124 valence electrons. The minimum absolute atomic E-state index is 0.0244. The fraction of sp³-hybridized carbons (Fsp3) is 0.471. The van der Waals surface area contributed by atoms with Gasteiger partial charge in [-0.25, -0.2) is 4.98 Å². The maximum atomic E-state index is 12.2. The molecular formula is C17H23N3OS2. The van der Waals surface area contributed by atoms with Crippen LogP contribution in [-0.4, -0.2) is 26.9 Å². The van der Waals surface area contributed by atoms with Crippen LogP contribution in [0.3, 0.4) is 0 Å². The molecule has 1 N–H and O–H groups in total. The molecule has 2 rings (SSSR count). The summed E-state index contributed by atoms with van der Waals surface area (Å²) in [6, 6.07) is 3.81. The fourth-order valence-corrected chi connectivity index (χ4v) is 3.88. The smallest absolute Gasteiger partial charge is 0.233 e. The minimum atomic E-state index is -0.0719. The fourth-order valence-electron chi connectivity index (χ4n) is 2.01. The topological polar surface area (TPSA) is 54.9 Å². The Morgan fingerprint density at radius 2 is 2.09 bits per heavy atom. The molecule has 0 spiro atoms. The van der Waals surface area contributed by atoms with Crippen LogP contribution in [0.15, 0.2) is 29.9 Å². The molecule has 0 aliphatic rings. The van der Waals surface area contributed by atoms with Gasteiger partial charge in [0, 0.05) is 23.3 Å². The van der Waals surface area contributed by atoms with Crippen molar-refractivity contribution < 1.29 is 4.79 Å². The first kappa shape index (κ1) is 17.9. The van der Waals surface area contributed by atoms with Gasteiger partial charge >= 0.3 is 0 Å². The van der Waals surface area contributed by atoms with E-state index in [4.69, 9.17) is 0 Å². The van der Waals surface area contributed by atoms with E-state index in [2.05, 4.69) is 22.2 Å². The predicted octanol–water partition coefficient (Wildman–Crippen LogP) is 4.30. The van der Waals surface area contributed by atoms with Gasteiger partial charge in [0.05, 0.1) is 17.0 Å². The summed E-state index contributed by atoms with van der Waals surface area (Å²) in [6.07, 6.45) is 5.83. The number of rotatable bonds is 8. The van der Waals surface area contributed by atoms with Gasteiger partial charge in [-0.1, -0.05) is 13.3 Å². The summed E-state index contributed by atoms with van der Waals surface area (Å²) in [4.78, 5) is 20.9. The van der Waals surface area contributed by atoms with Gasteiger partial charge in [0.15, 0.2) is 0 Å². The minimum Gasteiger partial charge on any atom is -0.346 e. The summed E-state index contributed by atoms with van der Waals surface area (Å²) in [6.45, 7) is 6.11. The summed E-state index contributed by atoms with van der Waals surface area (Å²) in [5, 5.41) is 5.99. The van der Waals surface area contributed by atoms with Crippen LogP contribution >= 0.6 is 23.1 Å². The first-order valence-corrected chi connectivity index (χ1v) is 9.82. The number of aromatic nitrogens is 2. The van der Waals surface area contributed by atoms with Gasteiger partial charge in [0.1, 0.15) is 5.01 Å². The zero-order valence-electron chi connectivity index (χ0n) is 13.8. The van der Waals surface area contributed by atoms with Gasteiger partial charge in [-0.05, 0) is 38.2 Å². The number of thioether (sulfide) groups is 1. The molecule has 4 nitrogen and oxygen atoms in total. The molecule has 2 aromatic rings. The highest BCUT2D eigenvalue weighted by atomic mass is 32.2. The number of hydrogen-bond donors (Lipinski definition) is 1. The Labute approximate surface area is 146 Å². The second-order valence-electron chi connectivity index (χ2n) is 5.40. The Kier molecular flexibility index (Phi) is 7.05. The second-order valence-corrected chi connectivity index (χ2v) is 7.74. The molecule has 0 radical (unpaired) electrons. The lowest BCUT2D eigenvalue weighted by molar-refractivity contribution is -0.120. The normalized spacial score (nSPS) is 13.5. The molecule has 0 fully saturated rings. The molecule has 0 aliphatic carbocycles. The number of carbonyl (C=O) groups is 1. The van der Waals surface area contributed by atoms with Crippen molar-refractivity contribution in [3.8, 4) is 11.3 Å². The van der Waals surface area contributed by atoms with Crippen LogP contribution in [-0.2, 0) is 4.79 Å². The predicted molar refractivity (Wildman–Crippen MR) is 98.7 cm³/mol. The van der Waals surface area contributed by atoms with Crippen LogP contribution < -0.4 is 5.32 Å². The van der Waals surface area contributed by atoms with Crippen LogP contribution in [0.1, 0.15) is 44.7 Å². The molecule has 2 aromatic heterocycles. The van der Waals surface area contributed by atoms with Crippen molar-refractivity contribution in [3.63, 3.8) is 0 Å². The summed E-state index contributed by atoms with van der Waals surface area (Å²) in [5.74, 6) is 1.11. The lowest BCUT2D eigenvalue weighted by atomic mass is 10.2. The van der Waals surface area contributed by atoms with Crippen molar-refractivity contribution in [2.75, 3.05) is 5.75 Å². The van der Waals surface area contributed by atoms with Gasteiger partial charge in [0.2, 0.25) is 5.91 Å². The third-order valence-corrected chi connectivity index (χ3v) is 5.73. The van der Waals surface area contributed by atoms with E-state index >= 15 is 0 Å². The van der Waals surface area contributed by atoms with E-state index in [0.29, 0.717) is 0 Å². The third-order valence-electron chi connectivity index (χ3n) is 3.46. The number of unbranched alkanes of at least 4 members (excludes halogenated alkanes) is 1. The number of thiazole rings is 1. The van der Waals surface area contributed by atoms with E-state index in [0.717, 1.165) is 34.9 Å². The number of pyridine rings is 1.